The number of hydrogen-bond donors (Lipinski definition) is 0. The van der Waals surface area contributed by atoms with Gasteiger partial charge in [-0.05, 0) is 49.7 Å². The van der Waals surface area contributed by atoms with Gasteiger partial charge in [0.15, 0.2) is 0 Å². The molecule has 0 amide bonds. The van der Waals surface area contributed by atoms with Crippen molar-refractivity contribution in [2.75, 3.05) is 0 Å². The molecule has 0 saturated carbocycles. The smallest absolute Gasteiger partial charge is 0.244 e. The first-order valence-corrected chi connectivity index (χ1v) is 9.14. The van der Waals surface area contributed by atoms with E-state index in [1.165, 1.54) is 5.56 Å². The van der Waals surface area contributed by atoms with E-state index in [1.54, 1.807) is 6.20 Å². The molecule has 0 bridgehead atoms. The quantitative estimate of drug-likeness (QED) is 0.328. The number of hydrogen-bond acceptors (Lipinski definition) is 3. The fourth-order valence-electron chi connectivity index (χ4n) is 3.81. The van der Waals surface area contributed by atoms with Crippen LogP contribution in [0.15, 0.2) is 59.1 Å². The van der Waals surface area contributed by atoms with Crippen molar-refractivity contribution in [3.8, 4) is 24.0 Å². The molecule has 0 aliphatic heterocycles. The van der Waals surface area contributed by atoms with E-state index in [9.17, 15) is 0 Å². The van der Waals surface area contributed by atoms with Gasteiger partial charge in [-0.25, -0.2) is 4.98 Å². The molecule has 0 N–H and O–H groups in total. The van der Waals surface area contributed by atoms with Crippen molar-refractivity contribution < 1.29 is 9.15 Å². The first kappa shape index (κ1) is 18.9. The topological polar surface area (TPSA) is 40.2 Å². The molecule has 5 heteroatoms. The maximum Gasteiger partial charge on any atom is 0.244 e. The summed E-state index contributed by atoms with van der Waals surface area (Å²) in [6, 6.07) is 15.8. The highest BCUT2D eigenvalue weighted by atomic mass is 35.5. The molecule has 0 saturated heterocycles. The molecule has 29 heavy (non-hydrogen) atoms. The van der Waals surface area contributed by atoms with E-state index in [0.29, 0.717) is 18.2 Å². The summed E-state index contributed by atoms with van der Waals surface area (Å²) in [4.78, 5) is 4.49. The molecule has 0 aliphatic carbocycles. The molecule has 0 unspecified atom stereocenters. The lowest BCUT2D eigenvalue weighted by Gasteiger charge is -2.09. The van der Waals surface area contributed by atoms with E-state index in [0.717, 1.165) is 38.5 Å². The maximum absolute atomic E-state index is 6.23. The number of fused-ring (bicyclic) bond motifs is 4. The maximum atomic E-state index is 6.23. The molecule has 2 aromatic carbocycles. The van der Waals surface area contributed by atoms with Crippen molar-refractivity contribution in [1.82, 2.24) is 9.55 Å². The number of halogens is 1. The predicted molar refractivity (Wildman–Crippen MR) is 119 cm³/mol. The average molecular weight is 403 g/mol. The summed E-state index contributed by atoms with van der Waals surface area (Å²) in [5, 5.41) is 3.19. The highest BCUT2D eigenvalue weighted by Crippen LogP contribution is 2.36. The van der Waals surface area contributed by atoms with Crippen molar-refractivity contribution >= 4 is 45.2 Å². The number of pyridine rings is 1. The van der Waals surface area contributed by atoms with Gasteiger partial charge >= 0.3 is 0 Å². The summed E-state index contributed by atoms with van der Waals surface area (Å²) in [5.74, 6) is 3.99. The summed E-state index contributed by atoms with van der Waals surface area (Å²) >= 11 is 0. The highest BCUT2D eigenvalue weighted by Gasteiger charge is 2.17. The van der Waals surface area contributed by atoms with Gasteiger partial charge in [-0.3, -0.25) is 0 Å². The van der Waals surface area contributed by atoms with E-state index in [2.05, 4.69) is 35.4 Å². The van der Waals surface area contributed by atoms with Crippen LogP contribution in [-0.2, 0) is 6.54 Å². The van der Waals surface area contributed by atoms with Gasteiger partial charge < -0.3 is 13.7 Å². The monoisotopic (exact) mass is 402 g/mol. The molecule has 144 valence electrons. The second-order valence-electron chi connectivity index (χ2n) is 6.87. The van der Waals surface area contributed by atoms with Gasteiger partial charge in [0, 0.05) is 28.0 Å². The van der Waals surface area contributed by atoms with Gasteiger partial charge in [0.1, 0.15) is 22.4 Å². The Morgan fingerprint density at radius 1 is 1.03 bits per heavy atom. The van der Waals surface area contributed by atoms with Crippen LogP contribution in [-0.4, -0.2) is 9.55 Å². The van der Waals surface area contributed by atoms with Crippen LogP contribution in [0.2, 0.25) is 0 Å². The molecule has 5 rings (SSSR count). The van der Waals surface area contributed by atoms with Crippen LogP contribution in [0.1, 0.15) is 11.3 Å². The van der Waals surface area contributed by atoms with Crippen molar-refractivity contribution in [1.29, 1.82) is 0 Å². The van der Waals surface area contributed by atoms with Crippen molar-refractivity contribution in [2.45, 2.75) is 20.4 Å². The Bertz CT molecular complexity index is 1410. The molecule has 0 spiro atoms. The van der Waals surface area contributed by atoms with Gasteiger partial charge in [-0.1, -0.05) is 24.1 Å². The van der Waals surface area contributed by atoms with Crippen LogP contribution < -0.4 is 4.74 Å². The van der Waals surface area contributed by atoms with Gasteiger partial charge in [0.25, 0.3) is 0 Å². The van der Waals surface area contributed by atoms with Crippen molar-refractivity contribution in [3.05, 3.63) is 66.0 Å². The van der Waals surface area contributed by atoms with Crippen LogP contribution in [0.4, 0.5) is 0 Å². The minimum atomic E-state index is 0. The number of terminal acetylenes is 1. The lowest BCUT2D eigenvalue weighted by atomic mass is 10.1. The molecule has 4 nitrogen and oxygen atoms in total. The number of nitrogens with zero attached hydrogens (tertiary/aromatic N) is 2. The molecule has 0 atom stereocenters. The summed E-state index contributed by atoms with van der Waals surface area (Å²) in [6.45, 7) is 4.64. The summed E-state index contributed by atoms with van der Waals surface area (Å²) in [5.41, 5.74) is 4.94. The fraction of sp³-hybridized carbons (Fsp3) is 0.125. The number of rotatable bonds is 3. The van der Waals surface area contributed by atoms with Crippen LogP contribution in [0, 0.1) is 26.2 Å². The van der Waals surface area contributed by atoms with Gasteiger partial charge in [0.2, 0.25) is 5.88 Å². The molecule has 3 aromatic heterocycles. The number of furan rings is 1. The molecule has 0 radical (unpaired) electrons. The lowest BCUT2D eigenvalue weighted by molar-refractivity contribution is 0.466. The number of aromatic nitrogens is 2. The molecular formula is C24H19ClN2O2. The summed E-state index contributed by atoms with van der Waals surface area (Å²) < 4.78 is 14.2. The third-order valence-electron chi connectivity index (χ3n) is 5.32. The number of aryl methyl sites for hydroxylation is 1. The molecule has 0 aliphatic rings. The van der Waals surface area contributed by atoms with Crippen LogP contribution >= 0.6 is 12.4 Å². The highest BCUT2D eigenvalue weighted by molar-refractivity contribution is 6.05. The van der Waals surface area contributed by atoms with Crippen LogP contribution in [0.5, 0.6) is 11.6 Å². The van der Waals surface area contributed by atoms with Crippen molar-refractivity contribution in [3.63, 3.8) is 0 Å². The third kappa shape index (κ3) is 2.91. The number of ether oxygens (including phenoxy) is 1. The fourth-order valence-corrected chi connectivity index (χ4v) is 3.81. The Morgan fingerprint density at radius 3 is 2.66 bits per heavy atom. The van der Waals surface area contributed by atoms with Gasteiger partial charge in [-0.2, -0.15) is 0 Å². The SMILES string of the molecule is C#CCn1c(C)c(C)c2ccnc(Oc3ccc4oc5ccccc5c4c3)c21.Cl. The summed E-state index contributed by atoms with van der Waals surface area (Å²) in [7, 11) is 0. The number of benzene rings is 2. The Labute approximate surface area is 174 Å². The van der Waals surface area contributed by atoms with Crippen molar-refractivity contribution in [2.24, 2.45) is 0 Å². The minimum absolute atomic E-state index is 0. The standard InChI is InChI=1S/C24H18N2O2.ClH/c1-4-13-26-16(3)15(2)18-11-12-25-24(23(18)26)27-17-9-10-22-20(14-17)19-7-5-6-8-21(19)28-22;/h1,5-12,14H,13H2,2-3H3;1H. The minimum Gasteiger partial charge on any atom is -0.456 e. The second-order valence-corrected chi connectivity index (χ2v) is 6.87. The van der Waals surface area contributed by atoms with E-state index in [1.807, 2.05) is 42.5 Å². The lowest BCUT2D eigenvalue weighted by Crippen LogP contribution is -2.00. The molecule has 5 aromatic rings. The zero-order valence-electron chi connectivity index (χ0n) is 16.1. The normalized spacial score (nSPS) is 10.9. The van der Waals surface area contributed by atoms with E-state index >= 15 is 0 Å². The average Bonchev–Trinajstić information content (AvgIpc) is 3.20. The Morgan fingerprint density at radius 2 is 1.83 bits per heavy atom. The third-order valence-corrected chi connectivity index (χ3v) is 5.32. The first-order chi connectivity index (χ1) is 13.7. The second kappa shape index (κ2) is 7.20. The molecule has 0 fully saturated rings. The zero-order valence-corrected chi connectivity index (χ0v) is 16.9. The Kier molecular flexibility index (Phi) is 4.70. The van der Waals surface area contributed by atoms with E-state index in [-0.39, 0.29) is 12.4 Å². The molecule has 3 heterocycles. The summed E-state index contributed by atoms with van der Waals surface area (Å²) in [6.07, 6.45) is 7.37. The zero-order chi connectivity index (χ0) is 19.3. The van der Waals surface area contributed by atoms with Gasteiger partial charge in [0.05, 0.1) is 6.54 Å². The molecular weight excluding hydrogens is 384 g/mol. The van der Waals surface area contributed by atoms with Crippen LogP contribution in [0.3, 0.4) is 0 Å². The van der Waals surface area contributed by atoms with Gasteiger partial charge in [-0.15, -0.1) is 18.8 Å². The Balaban J connectivity index is 0.00000205. The van der Waals surface area contributed by atoms with Crippen LogP contribution in [0.25, 0.3) is 32.8 Å². The number of para-hydroxylation sites is 1. The largest absolute Gasteiger partial charge is 0.456 e. The first-order valence-electron chi connectivity index (χ1n) is 9.14. The Hall–Kier alpha value is -3.42. The van der Waals surface area contributed by atoms with E-state index < -0.39 is 0 Å². The van der Waals surface area contributed by atoms with E-state index in [4.69, 9.17) is 15.6 Å². The predicted octanol–water partition coefficient (Wildman–Crippen LogP) is 6.40.